The molecule has 6 heteroatoms. The van der Waals surface area contributed by atoms with Gasteiger partial charge in [-0.15, -0.1) is 5.06 Å². The minimum atomic E-state index is -0.914. The van der Waals surface area contributed by atoms with E-state index in [1.54, 1.807) is 19.1 Å². The molecule has 0 radical (unpaired) electrons. The van der Waals surface area contributed by atoms with Crippen LogP contribution in [-0.2, 0) is 9.57 Å². The molecule has 6 nitrogen and oxygen atoms in total. The summed E-state index contributed by atoms with van der Waals surface area (Å²) >= 11 is 0. The van der Waals surface area contributed by atoms with E-state index in [-0.39, 0.29) is 6.61 Å². The van der Waals surface area contributed by atoms with Crippen LogP contribution in [0.5, 0.6) is 0 Å². The van der Waals surface area contributed by atoms with Crippen molar-refractivity contribution in [2.45, 2.75) is 13.1 Å². The minimum Gasteiger partial charge on any atom is -0.433 e. The molecule has 23 heavy (non-hydrogen) atoms. The molecule has 1 aliphatic rings. The Morgan fingerprint density at radius 2 is 1.83 bits per heavy atom. The number of nitrogens with one attached hydrogen (secondary N) is 1. The lowest BCUT2D eigenvalue weighted by atomic mass is 10.1. The second-order valence-corrected chi connectivity index (χ2v) is 4.91. The van der Waals surface area contributed by atoms with E-state index >= 15 is 0 Å². The molecule has 0 saturated carbocycles. The van der Waals surface area contributed by atoms with E-state index < -0.39 is 18.2 Å². The summed E-state index contributed by atoms with van der Waals surface area (Å²) in [6.45, 7) is 1.84. The van der Waals surface area contributed by atoms with Crippen LogP contribution in [0.15, 0.2) is 54.6 Å². The van der Waals surface area contributed by atoms with E-state index in [2.05, 4.69) is 5.32 Å². The fraction of sp³-hybridized carbons (Fsp3) is 0.176. The van der Waals surface area contributed by atoms with Gasteiger partial charge in [-0.2, -0.15) is 0 Å². The predicted molar refractivity (Wildman–Crippen MR) is 83.5 cm³/mol. The molecule has 0 unspecified atom stereocenters. The van der Waals surface area contributed by atoms with Gasteiger partial charge in [0.05, 0.1) is 12.2 Å². The summed E-state index contributed by atoms with van der Waals surface area (Å²) in [6, 6.07) is 16.3. The molecule has 1 N–H and O–H groups in total. The van der Waals surface area contributed by atoms with E-state index in [1.807, 2.05) is 42.5 Å². The quantitative estimate of drug-likeness (QED) is 0.880. The van der Waals surface area contributed by atoms with Crippen LogP contribution < -0.4 is 5.32 Å². The molecule has 0 aliphatic carbocycles. The van der Waals surface area contributed by atoms with E-state index in [0.717, 1.165) is 10.6 Å². The molecule has 118 valence electrons. The molecular weight excluding hydrogens is 296 g/mol. The van der Waals surface area contributed by atoms with Crippen molar-refractivity contribution in [3.05, 3.63) is 65.7 Å². The van der Waals surface area contributed by atoms with Crippen LogP contribution in [-0.4, -0.2) is 23.7 Å². The average molecular weight is 312 g/mol. The smallest absolute Gasteiger partial charge is 0.433 e. The molecule has 0 saturated heterocycles. The van der Waals surface area contributed by atoms with E-state index in [0.29, 0.717) is 11.3 Å². The fourth-order valence-electron chi connectivity index (χ4n) is 2.41. The number of hydrogen-bond acceptors (Lipinski definition) is 5. The molecule has 1 heterocycles. The van der Waals surface area contributed by atoms with Gasteiger partial charge in [-0.25, -0.2) is 4.79 Å². The van der Waals surface area contributed by atoms with Crippen LogP contribution in [0, 0.1) is 0 Å². The molecule has 1 atom stereocenters. The zero-order valence-corrected chi connectivity index (χ0v) is 12.6. The summed E-state index contributed by atoms with van der Waals surface area (Å²) in [5, 5.41) is 4.22. The van der Waals surface area contributed by atoms with Crippen LogP contribution in [0.25, 0.3) is 0 Å². The zero-order valence-electron chi connectivity index (χ0n) is 12.6. The first kappa shape index (κ1) is 14.9. The molecule has 1 aliphatic heterocycles. The maximum atomic E-state index is 12.7. The van der Waals surface area contributed by atoms with Crippen LogP contribution >= 0.6 is 0 Å². The number of carbonyl (C=O) groups is 2. The number of anilines is 1. The Bertz CT molecular complexity index is 718. The first-order valence-corrected chi connectivity index (χ1v) is 7.29. The van der Waals surface area contributed by atoms with Crippen LogP contribution in [0.2, 0.25) is 0 Å². The number of para-hydroxylation sites is 1. The van der Waals surface area contributed by atoms with Gasteiger partial charge in [-0.3, -0.25) is 4.79 Å². The van der Waals surface area contributed by atoms with Gasteiger partial charge >= 0.3 is 6.16 Å². The van der Waals surface area contributed by atoms with Gasteiger partial charge < -0.3 is 14.9 Å². The molecular formula is C17H16N2O4. The third-order valence-electron chi connectivity index (χ3n) is 3.43. The van der Waals surface area contributed by atoms with Crippen LogP contribution in [0.3, 0.4) is 0 Å². The van der Waals surface area contributed by atoms with Crippen LogP contribution in [0.4, 0.5) is 10.5 Å². The average Bonchev–Trinajstić information content (AvgIpc) is 2.58. The molecule has 1 amide bonds. The Morgan fingerprint density at radius 1 is 1.13 bits per heavy atom. The number of amides is 1. The standard InChI is InChI=1S/C17H16N2O4/c1-2-22-17(21)23-19-15(12-8-4-3-5-9-12)18-14-11-7-6-10-13(14)16(19)20/h3-11,15,18H,2H2,1H3/t15-/m0/s1. The van der Waals surface area contributed by atoms with E-state index in [9.17, 15) is 9.59 Å². The Kier molecular flexibility index (Phi) is 4.14. The van der Waals surface area contributed by atoms with Crippen LogP contribution in [0.1, 0.15) is 29.0 Å². The number of ether oxygens (including phenoxy) is 1. The maximum Gasteiger partial charge on any atom is 0.533 e. The summed E-state index contributed by atoms with van der Waals surface area (Å²) < 4.78 is 4.78. The highest BCUT2D eigenvalue weighted by Gasteiger charge is 2.36. The maximum absolute atomic E-state index is 12.7. The highest BCUT2D eigenvalue weighted by molar-refractivity contribution is 6.01. The second kappa shape index (κ2) is 6.39. The molecule has 3 rings (SSSR count). The summed E-state index contributed by atoms with van der Waals surface area (Å²) in [7, 11) is 0. The van der Waals surface area contributed by atoms with Crippen molar-refractivity contribution in [2.24, 2.45) is 0 Å². The number of rotatable bonds is 3. The number of hydroxylamine groups is 2. The number of carbonyl (C=O) groups excluding carboxylic acids is 2. The van der Waals surface area contributed by atoms with Crippen molar-refractivity contribution in [3.63, 3.8) is 0 Å². The van der Waals surface area contributed by atoms with Crippen molar-refractivity contribution < 1.29 is 19.2 Å². The van der Waals surface area contributed by atoms with Gasteiger partial charge in [0.25, 0.3) is 5.91 Å². The van der Waals surface area contributed by atoms with Crippen molar-refractivity contribution >= 4 is 17.7 Å². The van der Waals surface area contributed by atoms with Crippen molar-refractivity contribution in [1.29, 1.82) is 0 Å². The SMILES string of the molecule is CCOC(=O)ON1C(=O)c2ccccc2N[C@@H]1c1ccccc1. The molecule has 0 bridgehead atoms. The Morgan fingerprint density at radius 3 is 2.57 bits per heavy atom. The molecule has 0 fully saturated rings. The lowest BCUT2D eigenvalue weighted by Gasteiger charge is -2.35. The summed E-state index contributed by atoms with van der Waals surface area (Å²) in [4.78, 5) is 29.5. The third kappa shape index (κ3) is 2.96. The monoisotopic (exact) mass is 312 g/mol. The van der Waals surface area contributed by atoms with Gasteiger partial charge in [0, 0.05) is 5.69 Å². The number of nitrogens with zero attached hydrogens (tertiary/aromatic N) is 1. The van der Waals surface area contributed by atoms with Crippen molar-refractivity contribution in [3.8, 4) is 0 Å². The van der Waals surface area contributed by atoms with Gasteiger partial charge in [0.2, 0.25) is 0 Å². The summed E-state index contributed by atoms with van der Waals surface area (Å²) in [5.41, 5.74) is 1.92. The van der Waals surface area contributed by atoms with Gasteiger partial charge in [-0.1, -0.05) is 42.5 Å². The summed E-state index contributed by atoms with van der Waals surface area (Å²) in [5.74, 6) is -0.402. The second-order valence-electron chi connectivity index (χ2n) is 4.91. The Labute approximate surface area is 133 Å². The molecule has 2 aromatic carbocycles. The number of fused-ring (bicyclic) bond motifs is 1. The predicted octanol–water partition coefficient (Wildman–Crippen LogP) is 3.34. The third-order valence-corrected chi connectivity index (χ3v) is 3.43. The highest BCUT2D eigenvalue weighted by Crippen LogP contribution is 2.33. The fourth-order valence-corrected chi connectivity index (χ4v) is 2.41. The number of benzene rings is 2. The largest absolute Gasteiger partial charge is 0.533 e. The summed E-state index contributed by atoms with van der Waals surface area (Å²) in [6.07, 6.45) is -1.54. The van der Waals surface area contributed by atoms with Gasteiger partial charge in [-0.05, 0) is 24.6 Å². The first-order valence-electron chi connectivity index (χ1n) is 7.29. The Balaban J connectivity index is 1.97. The zero-order chi connectivity index (χ0) is 16.2. The first-order chi connectivity index (χ1) is 11.2. The topological polar surface area (TPSA) is 67.9 Å². The molecule has 2 aromatic rings. The van der Waals surface area contributed by atoms with Crippen molar-refractivity contribution in [1.82, 2.24) is 5.06 Å². The lowest BCUT2D eigenvalue weighted by molar-refractivity contribution is -0.119. The highest BCUT2D eigenvalue weighted by atomic mass is 16.8. The Hall–Kier alpha value is -3.02. The molecule has 0 aromatic heterocycles. The van der Waals surface area contributed by atoms with Crippen molar-refractivity contribution in [2.75, 3.05) is 11.9 Å². The minimum absolute atomic E-state index is 0.168. The van der Waals surface area contributed by atoms with E-state index in [1.165, 1.54) is 0 Å². The number of hydrogen-bond donors (Lipinski definition) is 1. The normalized spacial score (nSPS) is 16.3. The molecule has 0 spiro atoms. The van der Waals surface area contributed by atoms with Gasteiger partial charge in [0.1, 0.15) is 0 Å². The lowest BCUT2D eigenvalue weighted by Crippen LogP contribution is -2.44. The van der Waals surface area contributed by atoms with E-state index in [4.69, 9.17) is 9.57 Å². The van der Waals surface area contributed by atoms with Gasteiger partial charge in [0.15, 0.2) is 6.17 Å².